The molecule has 5 nitrogen and oxygen atoms in total. The Morgan fingerprint density at radius 1 is 1.43 bits per heavy atom. The number of fused-ring (bicyclic) bond motifs is 1. The van der Waals surface area contributed by atoms with Crippen molar-refractivity contribution >= 4 is 23.5 Å². The number of hydrogen-bond donors (Lipinski definition) is 2. The molecule has 0 spiro atoms. The highest BCUT2D eigenvalue weighted by Crippen LogP contribution is 2.45. The number of H-pyrrole nitrogens is 1. The summed E-state index contributed by atoms with van der Waals surface area (Å²) in [6.07, 6.45) is 0. The highest BCUT2D eigenvalue weighted by Gasteiger charge is 2.29. The molecule has 0 bridgehead atoms. The number of nitrogens with zero attached hydrogens (tertiary/aromatic N) is 1. The molecule has 0 aliphatic carbocycles. The van der Waals surface area contributed by atoms with Gasteiger partial charge in [-0.2, -0.15) is 5.10 Å². The zero-order valence-corrected chi connectivity index (χ0v) is 12.8. The molecule has 1 atom stereocenters. The largest absolute Gasteiger partial charge is 0.494 e. The van der Waals surface area contributed by atoms with Crippen LogP contribution in [0.25, 0.3) is 0 Å². The van der Waals surface area contributed by atoms with Crippen LogP contribution in [0.4, 0.5) is 5.82 Å². The average Bonchev–Trinajstić information content (AvgIpc) is 2.74. The third-order valence-electron chi connectivity index (χ3n) is 3.40. The summed E-state index contributed by atoms with van der Waals surface area (Å²) >= 11 is 1.59. The molecule has 1 amide bonds. The van der Waals surface area contributed by atoms with Gasteiger partial charge in [0.1, 0.15) is 5.75 Å². The summed E-state index contributed by atoms with van der Waals surface area (Å²) in [6.45, 7) is 4.56. The predicted molar refractivity (Wildman–Crippen MR) is 83.9 cm³/mol. The van der Waals surface area contributed by atoms with Crippen molar-refractivity contribution in [3.8, 4) is 5.75 Å². The Morgan fingerprint density at radius 2 is 2.24 bits per heavy atom. The van der Waals surface area contributed by atoms with Gasteiger partial charge >= 0.3 is 0 Å². The second-order valence-electron chi connectivity index (χ2n) is 4.82. The summed E-state index contributed by atoms with van der Waals surface area (Å²) < 4.78 is 5.74. The van der Waals surface area contributed by atoms with E-state index in [1.165, 1.54) is 0 Å². The molecular weight excluding hydrogens is 286 g/mol. The number of thioether (sulfide) groups is 1. The van der Waals surface area contributed by atoms with Crippen LogP contribution < -0.4 is 10.1 Å². The third-order valence-corrected chi connectivity index (χ3v) is 4.65. The first-order valence-corrected chi connectivity index (χ1v) is 7.93. The molecule has 2 N–H and O–H groups in total. The molecule has 1 aliphatic rings. The van der Waals surface area contributed by atoms with E-state index in [4.69, 9.17) is 4.74 Å². The van der Waals surface area contributed by atoms with Crippen LogP contribution in [0.2, 0.25) is 0 Å². The zero-order chi connectivity index (χ0) is 14.8. The molecule has 0 saturated heterocycles. The number of anilines is 1. The van der Waals surface area contributed by atoms with Crippen LogP contribution in [0.1, 0.15) is 29.0 Å². The van der Waals surface area contributed by atoms with Crippen molar-refractivity contribution in [2.45, 2.75) is 19.1 Å². The van der Waals surface area contributed by atoms with E-state index in [-0.39, 0.29) is 11.2 Å². The summed E-state index contributed by atoms with van der Waals surface area (Å²) in [5.74, 6) is 1.86. The van der Waals surface area contributed by atoms with E-state index in [0.717, 1.165) is 22.6 Å². The van der Waals surface area contributed by atoms with Crippen LogP contribution in [0.15, 0.2) is 24.3 Å². The van der Waals surface area contributed by atoms with Crippen molar-refractivity contribution in [1.29, 1.82) is 0 Å². The molecule has 0 saturated carbocycles. The van der Waals surface area contributed by atoms with Crippen LogP contribution in [0.3, 0.4) is 0 Å². The standard InChI is InChI=1S/C15H17N3O2S/c1-3-20-11-7-5-4-6-10(11)14-13-9(2)17-18-15(13)16-12(19)8-21-14/h4-7,14H,3,8H2,1-2H3,(H2,16,17,18,19). The minimum Gasteiger partial charge on any atom is -0.494 e. The number of benzene rings is 1. The maximum Gasteiger partial charge on any atom is 0.235 e. The van der Waals surface area contributed by atoms with Crippen molar-refractivity contribution in [1.82, 2.24) is 10.2 Å². The van der Waals surface area contributed by atoms with Gasteiger partial charge in [0.15, 0.2) is 5.82 Å². The third kappa shape index (κ3) is 2.63. The van der Waals surface area contributed by atoms with E-state index in [9.17, 15) is 4.79 Å². The number of ether oxygens (including phenoxy) is 1. The van der Waals surface area contributed by atoms with E-state index in [1.807, 2.05) is 32.0 Å². The quantitative estimate of drug-likeness (QED) is 0.915. The van der Waals surface area contributed by atoms with Gasteiger partial charge in [0, 0.05) is 16.8 Å². The van der Waals surface area contributed by atoms with E-state index in [1.54, 1.807) is 11.8 Å². The van der Waals surface area contributed by atoms with Crippen molar-refractivity contribution in [2.75, 3.05) is 17.7 Å². The van der Waals surface area contributed by atoms with Crippen molar-refractivity contribution in [2.24, 2.45) is 0 Å². The molecule has 1 aromatic heterocycles. The number of rotatable bonds is 3. The molecular formula is C15H17N3O2S. The van der Waals surface area contributed by atoms with Crippen LogP contribution >= 0.6 is 11.8 Å². The normalized spacial score (nSPS) is 17.8. The Morgan fingerprint density at radius 3 is 3.05 bits per heavy atom. The first-order valence-electron chi connectivity index (χ1n) is 6.88. The maximum atomic E-state index is 11.8. The average molecular weight is 303 g/mol. The van der Waals surface area contributed by atoms with Crippen molar-refractivity contribution < 1.29 is 9.53 Å². The Bertz CT molecular complexity index is 669. The number of amides is 1. The van der Waals surface area contributed by atoms with Crippen molar-refractivity contribution in [3.05, 3.63) is 41.1 Å². The topological polar surface area (TPSA) is 67.0 Å². The molecule has 6 heteroatoms. The van der Waals surface area contributed by atoms with Gasteiger partial charge in [-0.3, -0.25) is 9.89 Å². The lowest BCUT2D eigenvalue weighted by Gasteiger charge is -2.18. The number of aromatic amines is 1. The summed E-state index contributed by atoms with van der Waals surface area (Å²) in [5, 5.41) is 10.0. The monoisotopic (exact) mass is 303 g/mol. The Kier molecular flexibility index (Phi) is 3.88. The van der Waals surface area contributed by atoms with E-state index >= 15 is 0 Å². The second-order valence-corrected chi connectivity index (χ2v) is 5.91. The fourth-order valence-electron chi connectivity index (χ4n) is 2.49. The van der Waals surface area contributed by atoms with E-state index in [0.29, 0.717) is 18.2 Å². The number of para-hydroxylation sites is 1. The van der Waals surface area contributed by atoms with Crippen LogP contribution in [0, 0.1) is 6.92 Å². The summed E-state index contributed by atoms with van der Waals surface area (Å²) in [6, 6.07) is 7.97. The summed E-state index contributed by atoms with van der Waals surface area (Å²) in [7, 11) is 0. The Balaban J connectivity index is 2.10. The molecule has 2 heterocycles. The van der Waals surface area contributed by atoms with E-state index in [2.05, 4.69) is 21.6 Å². The number of hydrogen-bond acceptors (Lipinski definition) is 4. The van der Waals surface area contributed by atoms with E-state index < -0.39 is 0 Å². The van der Waals surface area contributed by atoms with Crippen LogP contribution in [0.5, 0.6) is 5.75 Å². The fourth-order valence-corrected chi connectivity index (χ4v) is 3.71. The van der Waals surface area contributed by atoms with Gasteiger partial charge in [0.05, 0.1) is 17.6 Å². The van der Waals surface area contributed by atoms with Gasteiger partial charge in [0.25, 0.3) is 0 Å². The van der Waals surface area contributed by atoms with Gasteiger partial charge in [-0.25, -0.2) is 0 Å². The smallest absolute Gasteiger partial charge is 0.235 e. The van der Waals surface area contributed by atoms with Gasteiger partial charge in [0.2, 0.25) is 5.91 Å². The molecule has 1 aliphatic heterocycles. The van der Waals surface area contributed by atoms with Gasteiger partial charge < -0.3 is 10.1 Å². The first-order chi connectivity index (χ1) is 10.2. The minimum absolute atomic E-state index is 0.0239. The van der Waals surface area contributed by atoms with Gasteiger partial charge in [-0.1, -0.05) is 18.2 Å². The predicted octanol–water partition coefficient (Wildman–Crippen LogP) is 2.89. The molecule has 1 aromatic carbocycles. The lowest BCUT2D eigenvalue weighted by molar-refractivity contribution is -0.113. The first kappa shape index (κ1) is 14.0. The molecule has 0 radical (unpaired) electrons. The number of aromatic nitrogens is 2. The lowest BCUT2D eigenvalue weighted by atomic mass is 10.0. The molecule has 3 rings (SSSR count). The highest BCUT2D eigenvalue weighted by atomic mass is 32.2. The fraction of sp³-hybridized carbons (Fsp3) is 0.333. The maximum absolute atomic E-state index is 11.8. The Labute approximate surface area is 127 Å². The second kappa shape index (κ2) is 5.81. The molecule has 21 heavy (non-hydrogen) atoms. The van der Waals surface area contributed by atoms with Crippen LogP contribution in [-0.4, -0.2) is 28.5 Å². The van der Waals surface area contributed by atoms with Crippen LogP contribution in [-0.2, 0) is 4.79 Å². The van der Waals surface area contributed by atoms with Crippen molar-refractivity contribution in [3.63, 3.8) is 0 Å². The minimum atomic E-state index is -0.0239. The number of carbonyl (C=O) groups excluding carboxylic acids is 1. The summed E-state index contributed by atoms with van der Waals surface area (Å²) in [5.41, 5.74) is 3.07. The zero-order valence-electron chi connectivity index (χ0n) is 12.0. The van der Waals surface area contributed by atoms with Gasteiger partial charge in [-0.05, 0) is 19.9 Å². The molecule has 2 aromatic rings. The number of aryl methyl sites for hydroxylation is 1. The molecule has 1 unspecified atom stereocenters. The SMILES string of the molecule is CCOc1ccccc1C1SCC(=O)Nc2n[nH]c(C)c21. The van der Waals surface area contributed by atoms with Gasteiger partial charge in [-0.15, -0.1) is 11.8 Å². The summed E-state index contributed by atoms with van der Waals surface area (Å²) in [4.78, 5) is 11.8. The molecule has 110 valence electrons. The molecule has 0 fully saturated rings. The highest BCUT2D eigenvalue weighted by molar-refractivity contribution is 8.00. The Hall–Kier alpha value is -1.95. The number of nitrogens with one attached hydrogen (secondary N) is 2. The lowest BCUT2D eigenvalue weighted by Crippen LogP contribution is -2.12. The number of carbonyl (C=O) groups is 1.